The van der Waals surface area contributed by atoms with Gasteiger partial charge in [0.05, 0.1) is 7.11 Å². The molecule has 0 saturated carbocycles. The number of hydrogen-bond acceptors (Lipinski definition) is 6. The fourth-order valence-electron chi connectivity index (χ4n) is 1.95. The smallest absolute Gasteiger partial charge is 0.507 e. The Balaban J connectivity index is 1.90. The lowest BCUT2D eigenvalue weighted by Crippen LogP contribution is -2.21. The van der Waals surface area contributed by atoms with Gasteiger partial charge in [0.25, 0.3) is 5.91 Å². The summed E-state index contributed by atoms with van der Waals surface area (Å²) in [7, 11) is 1.37. The first-order valence-corrected chi connectivity index (χ1v) is 7.38. The van der Waals surface area contributed by atoms with Crippen molar-refractivity contribution >= 4 is 17.6 Å². The van der Waals surface area contributed by atoms with Crippen molar-refractivity contribution in [3.63, 3.8) is 0 Å². The predicted octanol–water partition coefficient (Wildman–Crippen LogP) is 3.09. The Labute approximate surface area is 151 Å². The summed E-state index contributed by atoms with van der Waals surface area (Å²) in [5, 5.41) is 12.0. The summed E-state index contributed by atoms with van der Waals surface area (Å²) in [5.41, 5.74) is -0.00870. The Kier molecular flexibility index (Phi) is 6.11. The number of benzene rings is 2. The maximum Gasteiger partial charge on any atom is 0.573 e. The summed E-state index contributed by atoms with van der Waals surface area (Å²) < 4.78 is 49.7. The monoisotopic (exact) mass is 385 g/mol. The second kappa shape index (κ2) is 8.30. The SMILES string of the molecule is COc1ccc(O)c(C(=O)OCC(=O)Nc2ccc(OC(F)(F)F)cc2)c1. The Morgan fingerprint density at radius 1 is 1.07 bits per heavy atom. The van der Waals surface area contributed by atoms with Gasteiger partial charge in [-0.1, -0.05) is 0 Å². The first-order valence-electron chi connectivity index (χ1n) is 7.38. The third kappa shape index (κ3) is 6.10. The molecule has 0 aliphatic carbocycles. The fourth-order valence-corrected chi connectivity index (χ4v) is 1.95. The Morgan fingerprint density at radius 3 is 2.30 bits per heavy atom. The molecule has 2 N–H and O–H groups in total. The number of carbonyl (C=O) groups is 2. The Hall–Kier alpha value is -3.43. The second-order valence-electron chi connectivity index (χ2n) is 5.08. The summed E-state index contributed by atoms with van der Waals surface area (Å²) in [6.45, 7) is -0.670. The van der Waals surface area contributed by atoms with Gasteiger partial charge in [0.1, 0.15) is 22.8 Å². The largest absolute Gasteiger partial charge is 0.573 e. The number of hydrogen-bond donors (Lipinski definition) is 2. The number of methoxy groups -OCH3 is 1. The number of amides is 1. The van der Waals surface area contributed by atoms with Crippen LogP contribution in [0.1, 0.15) is 10.4 Å². The Morgan fingerprint density at radius 2 is 1.70 bits per heavy atom. The molecule has 0 aliphatic rings. The van der Waals surface area contributed by atoms with Crippen LogP contribution in [0.5, 0.6) is 17.2 Å². The second-order valence-corrected chi connectivity index (χ2v) is 5.08. The number of phenolic OH excluding ortho intramolecular Hbond substituents is 1. The molecule has 7 nitrogen and oxygen atoms in total. The zero-order valence-corrected chi connectivity index (χ0v) is 13.9. The number of aromatic hydroxyl groups is 1. The molecule has 10 heteroatoms. The number of rotatable bonds is 6. The predicted molar refractivity (Wildman–Crippen MR) is 86.7 cm³/mol. The highest BCUT2D eigenvalue weighted by molar-refractivity contribution is 5.97. The molecule has 0 heterocycles. The first kappa shape index (κ1) is 19.9. The van der Waals surface area contributed by atoms with E-state index < -0.39 is 30.6 Å². The topological polar surface area (TPSA) is 94.1 Å². The van der Waals surface area contributed by atoms with Gasteiger partial charge in [-0.2, -0.15) is 0 Å². The fraction of sp³-hybridized carbons (Fsp3) is 0.176. The van der Waals surface area contributed by atoms with Crippen LogP contribution in [-0.4, -0.2) is 37.1 Å². The molecule has 0 bridgehead atoms. The minimum atomic E-state index is -4.81. The van der Waals surface area contributed by atoms with Crippen LogP contribution in [0.25, 0.3) is 0 Å². The van der Waals surface area contributed by atoms with Gasteiger partial charge >= 0.3 is 12.3 Å². The molecule has 0 spiro atoms. The zero-order valence-electron chi connectivity index (χ0n) is 13.9. The van der Waals surface area contributed by atoms with Gasteiger partial charge in [0, 0.05) is 5.69 Å². The van der Waals surface area contributed by atoms with Gasteiger partial charge in [-0.25, -0.2) is 4.79 Å². The summed E-state index contributed by atoms with van der Waals surface area (Å²) in [6, 6.07) is 8.33. The van der Waals surface area contributed by atoms with E-state index in [4.69, 9.17) is 9.47 Å². The third-order valence-corrected chi connectivity index (χ3v) is 3.13. The molecule has 0 atom stereocenters. The quantitative estimate of drug-likeness (QED) is 0.743. The van der Waals surface area contributed by atoms with Crippen LogP contribution in [0.2, 0.25) is 0 Å². The van der Waals surface area contributed by atoms with E-state index in [2.05, 4.69) is 10.1 Å². The highest BCUT2D eigenvalue weighted by atomic mass is 19.4. The number of phenols is 1. The molecule has 1 amide bonds. The highest BCUT2D eigenvalue weighted by Crippen LogP contribution is 2.25. The summed E-state index contributed by atoms with van der Waals surface area (Å²) >= 11 is 0. The van der Waals surface area contributed by atoms with E-state index in [1.165, 1.54) is 37.4 Å². The molecule has 2 aromatic carbocycles. The number of anilines is 1. The van der Waals surface area contributed by atoms with Crippen LogP contribution in [0, 0.1) is 0 Å². The van der Waals surface area contributed by atoms with Gasteiger partial charge in [0.15, 0.2) is 6.61 Å². The van der Waals surface area contributed by atoms with Crippen molar-refractivity contribution in [2.24, 2.45) is 0 Å². The maximum atomic E-state index is 12.1. The van der Waals surface area contributed by atoms with E-state index in [9.17, 15) is 27.9 Å². The van der Waals surface area contributed by atoms with E-state index >= 15 is 0 Å². The van der Waals surface area contributed by atoms with Crippen LogP contribution in [-0.2, 0) is 9.53 Å². The molecule has 0 saturated heterocycles. The highest BCUT2D eigenvalue weighted by Gasteiger charge is 2.31. The van der Waals surface area contributed by atoms with Crippen LogP contribution >= 0.6 is 0 Å². The summed E-state index contributed by atoms with van der Waals surface area (Å²) in [4.78, 5) is 23.7. The average Bonchev–Trinajstić information content (AvgIpc) is 2.60. The van der Waals surface area contributed by atoms with Crippen LogP contribution < -0.4 is 14.8 Å². The standard InChI is InChI=1S/C17H14F3NO6/c1-25-12-6-7-14(22)13(8-12)16(24)26-9-15(23)21-10-2-4-11(5-3-10)27-17(18,19)20/h2-8,22H,9H2,1H3,(H,21,23). The molecule has 27 heavy (non-hydrogen) atoms. The lowest BCUT2D eigenvalue weighted by Gasteiger charge is -2.10. The lowest BCUT2D eigenvalue weighted by atomic mass is 10.2. The molecule has 2 aromatic rings. The number of halogens is 3. The van der Waals surface area contributed by atoms with Crippen molar-refractivity contribution < 1.29 is 42.1 Å². The van der Waals surface area contributed by atoms with E-state index in [1.807, 2.05) is 0 Å². The van der Waals surface area contributed by atoms with Gasteiger partial charge in [0.2, 0.25) is 0 Å². The molecular weight excluding hydrogens is 371 g/mol. The minimum Gasteiger partial charge on any atom is -0.507 e. The molecule has 0 aromatic heterocycles. The number of esters is 1. The molecule has 0 aliphatic heterocycles. The zero-order chi connectivity index (χ0) is 20.0. The van der Waals surface area contributed by atoms with E-state index in [-0.39, 0.29) is 17.0 Å². The normalized spacial score (nSPS) is 10.8. The first-order chi connectivity index (χ1) is 12.7. The van der Waals surface area contributed by atoms with Gasteiger partial charge in [-0.15, -0.1) is 13.2 Å². The van der Waals surface area contributed by atoms with Gasteiger partial charge in [-0.3, -0.25) is 4.79 Å². The van der Waals surface area contributed by atoms with Crippen molar-refractivity contribution in [1.82, 2.24) is 0 Å². The van der Waals surface area contributed by atoms with Crippen molar-refractivity contribution in [3.05, 3.63) is 48.0 Å². The molecule has 0 fully saturated rings. The average molecular weight is 385 g/mol. The van der Waals surface area contributed by atoms with Crippen molar-refractivity contribution in [3.8, 4) is 17.2 Å². The minimum absolute atomic E-state index is 0.176. The summed E-state index contributed by atoms with van der Waals surface area (Å²) in [6.07, 6.45) is -4.81. The third-order valence-electron chi connectivity index (χ3n) is 3.13. The van der Waals surface area contributed by atoms with Crippen molar-refractivity contribution in [2.45, 2.75) is 6.36 Å². The van der Waals surface area contributed by atoms with E-state index in [0.717, 1.165) is 12.1 Å². The van der Waals surface area contributed by atoms with E-state index in [0.29, 0.717) is 5.75 Å². The van der Waals surface area contributed by atoms with Crippen molar-refractivity contribution in [2.75, 3.05) is 19.0 Å². The Bertz CT molecular complexity index is 820. The number of ether oxygens (including phenoxy) is 3. The van der Waals surface area contributed by atoms with E-state index in [1.54, 1.807) is 0 Å². The van der Waals surface area contributed by atoms with Crippen molar-refractivity contribution in [1.29, 1.82) is 0 Å². The molecule has 0 radical (unpaired) electrons. The van der Waals surface area contributed by atoms with Crippen LogP contribution in [0.15, 0.2) is 42.5 Å². The molecule has 2 rings (SSSR count). The number of carbonyl (C=O) groups excluding carboxylic acids is 2. The molecule has 144 valence electrons. The summed E-state index contributed by atoms with van der Waals surface area (Å²) in [5.74, 6) is -2.15. The van der Waals surface area contributed by atoms with Gasteiger partial charge in [-0.05, 0) is 42.5 Å². The van der Waals surface area contributed by atoms with Crippen LogP contribution in [0.4, 0.5) is 18.9 Å². The van der Waals surface area contributed by atoms with Crippen LogP contribution in [0.3, 0.4) is 0 Å². The lowest BCUT2D eigenvalue weighted by molar-refractivity contribution is -0.274. The maximum absolute atomic E-state index is 12.1. The molecule has 0 unspecified atom stereocenters. The number of nitrogens with one attached hydrogen (secondary N) is 1. The number of alkyl halides is 3. The molecular formula is C17H14F3NO6. The van der Waals surface area contributed by atoms with Gasteiger partial charge < -0.3 is 24.6 Å².